The van der Waals surface area contributed by atoms with Crippen LogP contribution in [-0.2, 0) is 6.54 Å². The van der Waals surface area contributed by atoms with Crippen LogP contribution in [0.15, 0.2) is 30.5 Å². The molecule has 0 aliphatic rings. The van der Waals surface area contributed by atoms with Crippen LogP contribution in [0.5, 0.6) is 0 Å². The molecule has 3 N–H and O–H groups in total. The van der Waals surface area contributed by atoms with Crippen LogP contribution in [0.3, 0.4) is 0 Å². The van der Waals surface area contributed by atoms with Gasteiger partial charge in [-0.25, -0.2) is 9.37 Å². The van der Waals surface area contributed by atoms with Gasteiger partial charge in [0, 0.05) is 5.69 Å². The Morgan fingerprint density at radius 1 is 1.47 bits per heavy atom. The van der Waals surface area contributed by atoms with Gasteiger partial charge in [0.1, 0.15) is 11.6 Å². The SMILES string of the molecule is Cc1cccc(CNC(=O)c2cc(F)cnc2N)n1. The number of nitrogens with one attached hydrogen (secondary N) is 1. The minimum Gasteiger partial charge on any atom is -0.383 e. The molecule has 2 aromatic heterocycles. The summed E-state index contributed by atoms with van der Waals surface area (Å²) in [5.41, 5.74) is 7.13. The van der Waals surface area contributed by atoms with Crippen LogP contribution in [0.2, 0.25) is 0 Å². The number of aryl methyl sites for hydroxylation is 1. The highest BCUT2D eigenvalue weighted by atomic mass is 19.1. The van der Waals surface area contributed by atoms with Crippen molar-refractivity contribution in [1.82, 2.24) is 15.3 Å². The third-order valence-electron chi connectivity index (χ3n) is 2.51. The number of anilines is 1. The molecule has 2 rings (SSSR count). The molecule has 6 heteroatoms. The Balaban J connectivity index is 2.07. The first-order valence-corrected chi connectivity index (χ1v) is 5.68. The summed E-state index contributed by atoms with van der Waals surface area (Å²) in [5.74, 6) is -1.09. The number of carbonyl (C=O) groups excluding carboxylic acids is 1. The zero-order chi connectivity index (χ0) is 13.8. The van der Waals surface area contributed by atoms with E-state index in [1.54, 1.807) is 6.07 Å². The van der Waals surface area contributed by atoms with Crippen molar-refractivity contribution in [2.24, 2.45) is 0 Å². The van der Waals surface area contributed by atoms with Gasteiger partial charge in [0.25, 0.3) is 5.91 Å². The Labute approximate surface area is 109 Å². The van der Waals surface area contributed by atoms with Gasteiger partial charge in [0.15, 0.2) is 0 Å². The van der Waals surface area contributed by atoms with Crippen molar-refractivity contribution >= 4 is 11.7 Å². The minimum absolute atomic E-state index is 0.00361. The standard InChI is InChI=1S/C13H13FN4O/c1-8-3-2-4-10(18-8)7-17-13(19)11-5-9(14)6-16-12(11)15/h2-6H,7H2,1H3,(H2,15,16)(H,17,19). The van der Waals surface area contributed by atoms with Crippen LogP contribution >= 0.6 is 0 Å². The van der Waals surface area contributed by atoms with Gasteiger partial charge in [-0.3, -0.25) is 9.78 Å². The zero-order valence-corrected chi connectivity index (χ0v) is 10.4. The average molecular weight is 260 g/mol. The maximum atomic E-state index is 13.0. The van der Waals surface area contributed by atoms with E-state index in [-0.39, 0.29) is 17.9 Å². The normalized spacial score (nSPS) is 10.2. The molecule has 0 saturated carbocycles. The van der Waals surface area contributed by atoms with Crippen molar-refractivity contribution in [2.75, 3.05) is 5.73 Å². The summed E-state index contributed by atoms with van der Waals surface area (Å²) in [7, 11) is 0. The van der Waals surface area contributed by atoms with Crippen molar-refractivity contribution in [3.63, 3.8) is 0 Å². The molecule has 98 valence electrons. The fourth-order valence-electron chi connectivity index (χ4n) is 1.60. The summed E-state index contributed by atoms with van der Waals surface area (Å²) in [6.45, 7) is 2.11. The lowest BCUT2D eigenvalue weighted by atomic mass is 10.2. The second-order valence-electron chi connectivity index (χ2n) is 4.04. The number of aromatic nitrogens is 2. The number of amides is 1. The monoisotopic (exact) mass is 260 g/mol. The highest BCUT2D eigenvalue weighted by molar-refractivity contribution is 5.98. The minimum atomic E-state index is -0.604. The quantitative estimate of drug-likeness (QED) is 0.875. The molecule has 0 aliphatic carbocycles. The number of hydrogen-bond acceptors (Lipinski definition) is 4. The van der Waals surface area contributed by atoms with E-state index in [1.165, 1.54) is 0 Å². The Hall–Kier alpha value is -2.50. The molecule has 0 spiro atoms. The molecule has 5 nitrogen and oxygen atoms in total. The lowest BCUT2D eigenvalue weighted by Crippen LogP contribution is -2.24. The van der Waals surface area contributed by atoms with Crippen molar-refractivity contribution < 1.29 is 9.18 Å². The number of nitrogen functional groups attached to an aromatic ring is 1. The summed E-state index contributed by atoms with van der Waals surface area (Å²) < 4.78 is 13.0. The number of carbonyl (C=O) groups is 1. The van der Waals surface area contributed by atoms with Gasteiger partial charge in [-0.1, -0.05) is 6.07 Å². The molecule has 2 heterocycles. The molecule has 0 atom stereocenters. The van der Waals surface area contributed by atoms with Crippen LogP contribution in [0.1, 0.15) is 21.7 Å². The van der Waals surface area contributed by atoms with Gasteiger partial charge < -0.3 is 11.1 Å². The Morgan fingerprint density at radius 2 is 2.26 bits per heavy atom. The molecule has 0 unspecified atom stereocenters. The second kappa shape index (κ2) is 5.43. The molecule has 1 amide bonds. The van der Waals surface area contributed by atoms with E-state index in [0.29, 0.717) is 0 Å². The van der Waals surface area contributed by atoms with Crippen LogP contribution < -0.4 is 11.1 Å². The molecule has 0 aliphatic heterocycles. The zero-order valence-electron chi connectivity index (χ0n) is 10.4. The van der Waals surface area contributed by atoms with E-state index in [9.17, 15) is 9.18 Å². The second-order valence-corrected chi connectivity index (χ2v) is 4.04. The molecule has 0 radical (unpaired) electrons. The first-order chi connectivity index (χ1) is 9.06. The molecule has 0 bridgehead atoms. The predicted molar refractivity (Wildman–Crippen MR) is 68.8 cm³/mol. The molecular formula is C13H13FN4O. The van der Waals surface area contributed by atoms with Crippen LogP contribution in [0, 0.1) is 12.7 Å². The Bertz CT molecular complexity index is 615. The average Bonchev–Trinajstić information content (AvgIpc) is 2.39. The maximum absolute atomic E-state index is 13.0. The van der Waals surface area contributed by atoms with Gasteiger partial charge in [0.2, 0.25) is 0 Å². The van der Waals surface area contributed by atoms with Crippen molar-refractivity contribution in [3.8, 4) is 0 Å². The number of nitrogens with zero attached hydrogens (tertiary/aromatic N) is 2. The topological polar surface area (TPSA) is 80.9 Å². The largest absolute Gasteiger partial charge is 0.383 e. The Kier molecular flexibility index (Phi) is 3.70. The first-order valence-electron chi connectivity index (χ1n) is 5.68. The molecule has 0 saturated heterocycles. The first kappa shape index (κ1) is 12.9. The van der Waals surface area contributed by atoms with Crippen LogP contribution in [0.4, 0.5) is 10.2 Å². The molecule has 2 aromatic rings. The highest BCUT2D eigenvalue weighted by Gasteiger charge is 2.11. The number of pyridine rings is 2. The van der Waals surface area contributed by atoms with E-state index >= 15 is 0 Å². The van der Waals surface area contributed by atoms with E-state index in [2.05, 4.69) is 15.3 Å². The Morgan fingerprint density at radius 3 is 3.00 bits per heavy atom. The highest BCUT2D eigenvalue weighted by Crippen LogP contribution is 2.10. The number of hydrogen-bond donors (Lipinski definition) is 2. The van der Waals surface area contributed by atoms with Crippen LogP contribution in [-0.4, -0.2) is 15.9 Å². The molecule has 0 aromatic carbocycles. The van der Waals surface area contributed by atoms with Gasteiger partial charge in [-0.2, -0.15) is 0 Å². The lowest BCUT2D eigenvalue weighted by molar-refractivity contribution is 0.0950. The van der Waals surface area contributed by atoms with Gasteiger partial charge in [-0.15, -0.1) is 0 Å². The molecule has 19 heavy (non-hydrogen) atoms. The van der Waals surface area contributed by atoms with Gasteiger partial charge in [-0.05, 0) is 25.1 Å². The summed E-state index contributed by atoms with van der Waals surface area (Å²) in [5, 5.41) is 2.62. The lowest BCUT2D eigenvalue weighted by Gasteiger charge is -2.07. The van der Waals surface area contributed by atoms with E-state index in [1.807, 2.05) is 19.1 Å². The molecular weight excluding hydrogens is 247 g/mol. The third kappa shape index (κ3) is 3.25. The third-order valence-corrected chi connectivity index (χ3v) is 2.51. The number of nitrogens with two attached hydrogens (primary N) is 1. The summed E-state index contributed by atoms with van der Waals surface area (Å²) >= 11 is 0. The smallest absolute Gasteiger partial charge is 0.255 e. The van der Waals surface area contributed by atoms with E-state index in [0.717, 1.165) is 23.7 Å². The van der Waals surface area contributed by atoms with Crippen LogP contribution in [0.25, 0.3) is 0 Å². The van der Waals surface area contributed by atoms with E-state index in [4.69, 9.17) is 5.73 Å². The number of rotatable bonds is 3. The fraction of sp³-hybridized carbons (Fsp3) is 0.154. The summed E-state index contributed by atoms with van der Waals surface area (Å²) in [6.07, 6.45) is 0.966. The van der Waals surface area contributed by atoms with E-state index < -0.39 is 11.7 Å². The molecule has 0 fully saturated rings. The summed E-state index contributed by atoms with van der Waals surface area (Å²) in [4.78, 5) is 19.7. The maximum Gasteiger partial charge on any atom is 0.255 e. The van der Waals surface area contributed by atoms with Crippen molar-refractivity contribution in [3.05, 3.63) is 53.2 Å². The van der Waals surface area contributed by atoms with Gasteiger partial charge in [0.05, 0.1) is 24.0 Å². The van der Waals surface area contributed by atoms with Crippen molar-refractivity contribution in [1.29, 1.82) is 0 Å². The number of halogens is 1. The van der Waals surface area contributed by atoms with Crippen molar-refractivity contribution in [2.45, 2.75) is 13.5 Å². The van der Waals surface area contributed by atoms with Gasteiger partial charge >= 0.3 is 0 Å². The fourth-order valence-corrected chi connectivity index (χ4v) is 1.60. The summed E-state index contributed by atoms with van der Waals surface area (Å²) in [6, 6.07) is 6.56. The predicted octanol–water partition coefficient (Wildman–Crippen LogP) is 1.44.